The Morgan fingerprint density at radius 2 is 1.57 bits per heavy atom. The van der Waals surface area contributed by atoms with Gasteiger partial charge < -0.3 is 0 Å². The van der Waals surface area contributed by atoms with Gasteiger partial charge in [0.1, 0.15) is 16.0 Å². The van der Waals surface area contributed by atoms with E-state index in [0.29, 0.717) is 12.1 Å². The minimum atomic E-state index is -6.30. The first kappa shape index (κ1) is 29.2. The topological polar surface area (TPSA) is 66.5 Å². The Morgan fingerprint density at radius 3 is 2.05 bits per heavy atom. The molecule has 0 aliphatic carbocycles. The number of amides is 1. The minimum Gasteiger partial charge on any atom is -0.288 e. The molecule has 1 atom stereocenters. The van der Waals surface area contributed by atoms with Gasteiger partial charge in [0, 0.05) is 39.2 Å². The fourth-order valence-corrected chi connectivity index (χ4v) is 6.13. The van der Waals surface area contributed by atoms with Gasteiger partial charge in [-0.25, -0.2) is 12.8 Å². The summed E-state index contributed by atoms with van der Waals surface area (Å²) in [6.07, 6.45) is -12.7. The van der Waals surface area contributed by atoms with Crippen LogP contribution in [0.1, 0.15) is 47.1 Å². The van der Waals surface area contributed by atoms with Crippen molar-refractivity contribution >= 4 is 33.0 Å². The van der Waals surface area contributed by atoms with Gasteiger partial charge >= 0.3 is 18.0 Å². The molecule has 0 aromatic heterocycles. The van der Waals surface area contributed by atoms with Gasteiger partial charge in [-0.3, -0.25) is 15.0 Å². The van der Waals surface area contributed by atoms with Crippen LogP contribution in [0.4, 0.5) is 36.4 Å². The third-order valence-electron chi connectivity index (χ3n) is 5.82. The number of halogens is 8. The lowest BCUT2D eigenvalue weighted by atomic mass is 9.92. The van der Waals surface area contributed by atoms with E-state index in [1.54, 1.807) is 0 Å². The number of anilines is 1. The minimum absolute atomic E-state index is 0.0917. The zero-order chi connectivity index (χ0) is 28.4. The first-order chi connectivity index (χ1) is 16.6. The average Bonchev–Trinajstić information content (AvgIpc) is 2.96. The van der Waals surface area contributed by atoms with Crippen LogP contribution >= 0.6 is 11.6 Å². The number of sulfone groups is 1. The Kier molecular flexibility index (Phi) is 7.19. The number of fused-ring (bicyclic) bond motifs is 1. The summed E-state index contributed by atoms with van der Waals surface area (Å²) in [6, 6.07) is 5.85. The molecule has 14 heteroatoms. The molecule has 1 aliphatic rings. The lowest BCUT2D eigenvalue weighted by Gasteiger charge is -2.36. The molecular weight excluding hydrogens is 553 g/mol. The fraction of sp³-hybridized carbons (Fsp3) is 0.435. The Labute approximate surface area is 213 Å². The van der Waals surface area contributed by atoms with Crippen molar-refractivity contribution in [1.82, 2.24) is 5.32 Å². The maximum Gasteiger partial charge on any atom is 0.435 e. The monoisotopic (exact) mass is 574 g/mol. The van der Waals surface area contributed by atoms with Crippen molar-refractivity contribution in [2.24, 2.45) is 0 Å². The third-order valence-corrected chi connectivity index (χ3v) is 7.40. The molecule has 37 heavy (non-hydrogen) atoms. The zero-order valence-electron chi connectivity index (χ0n) is 19.9. The molecule has 0 bridgehead atoms. The molecule has 5 nitrogen and oxygen atoms in total. The quantitative estimate of drug-likeness (QED) is 0.429. The number of carbonyl (C=O) groups is 1. The fourth-order valence-electron chi connectivity index (χ4n) is 4.46. The van der Waals surface area contributed by atoms with Crippen molar-refractivity contribution in [3.8, 4) is 0 Å². The highest BCUT2D eigenvalue weighted by atomic mass is 35.5. The highest BCUT2D eigenvalue weighted by Gasteiger charge is 2.73. The van der Waals surface area contributed by atoms with Crippen molar-refractivity contribution < 1.29 is 43.9 Å². The Morgan fingerprint density at radius 1 is 1.00 bits per heavy atom. The van der Waals surface area contributed by atoms with E-state index in [1.165, 1.54) is 32.0 Å². The molecule has 0 spiro atoms. The molecule has 0 saturated carbocycles. The van der Waals surface area contributed by atoms with Crippen LogP contribution in [0.15, 0.2) is 36.4 Å². The first-order valence-electron chi connectivity index (χ1n) is 10.6. The molecule has 1 amide bonds. The number of aryl methyl sites for hydroxylation is 1. The molecule has 204 valence electrons. The molecular formula is C23H22ClF7N2O3S. The smallest absolute Gasteiger partial charge is 0.288 e. The third kappa shape index (κ3) is 5.30. The maximum absolute atomic E-state index is 14.6. The van der Waals surface area contributed by atoms with Gasteiger partial charge in [0.05, 0.1) is 5.75 Å². The molecule has 1 heterocycles. The van der Waals surface area contributed by atoms with Crippen molar-refractivity contribution in [3.05, 3.63) is 63.7 Å². The standard InChI is InChI=1S/C23H22ClF7N2O3S/c1-12-10-13(21(25,22(26,27)28)23(29,30)31)8-9-16(12)33-18(32-20(2,3)11-37(4,35)36)17-14(19(33)34)6-5-7-15(17)24/h5-10,18,32H,11H2,1-4H3. The van der Waals surface area contributed by atoms with E-state index in [-0.39, 0.29) is 33.2 Å². The van der Waals surface area contributed by atoms with E-state index in [9.17, 15) is 43.9 Å². The van der Waals surface area contributed by atoms with Gasteiger partial charge in [-0.2, -0.15) is 26.3 Å². The van der Waals surface area contributed by atoms with Gasteiger partial charge in [0.25, 0.3) is 5.91 Å². The summed E-state index contributed by atoms with van der Waals surface area (Å²) in [6.45, 7) is 4.19. The van der Waals surface area contributed by atoms with E-state index in [2.05, 4.69) is 5.32 Å². The Bertz CT molecular complexity index is 1330. The van der Waals surface area contributed by atoms with Gasteiger partial charge in [-0.1, -0.05) is 29.8 Å². The van der Waals surface area contributed by atoms with Crippen molar-refractivity contribution in [3.63, 3.8) is 0 Å². The summed E-state index contributed by atoms with van der Waals surface area (Å²) >= 11 is 6.33. The molecule has 1 unspecified atom stereocenters. The SMILES string of the molecule is Cc1cc(C(F)(C(F)(F)F)C(F)(F)F)ccc1N1C(=O)c2cccc(Cl)c2C1NC(C)(C)CS(C)(=O)=O. The summed E-state index contributed by atoms with van der Waals surface area (Å²) in [5.74, 6) is -1.07. The molecule has 1 N–H and O–H groups in total. The molecule has 0 radical (unpaired) electrons. The van der Waals surface area contributed by atoms with Crippen LogP contribution in [0, 0.1) is 6.92 Å². The van der Waals surface area contributed by atoms with E-state index in [1.807, 2.05) is 0 Å². The van der Waals surface area contributed by atoms with E-state index in [4.69, 9.17) is 11.6 Å². The second kappa shape index (κ2) is 9.12. The molecule has 3 rings (SSSR count). The summed E-state index contributed by atoms with van der Waals surface area (Å²) < 4.78 is 118. The summed E-state index contributed by atoms with van der Waals surface area (Å²) in [7, 11) is -3.52. The van der Waals surface area contributed by atoms with Gasteiger partial charge in [0.15, 0.2) is 0 Å². The normalized spacial score (nSPS) is 17.4. The van der Waals surface area contributed by atoms with Gasteiger partial charge in [-0.05, 0) is 44.5 Å². The highest BCUT2D eigenvalue weighted by Crippen LogP contribution is 2.54. The largest absolute Gasteiger partial charge is 0.435 e. The Hall–Kier alpha value is -2.38. The number of hydrogen-bond donors (Lipinski definition) is 1. The van der Waals surface area contributed by atoms with Crippen LogP contribution in [0.25, 0.3) is 0 Å². The number of carbonyl (C=O) groups excluding carboxylic acids is 1. The van der Waals surface area contributed by atoms with E-state index < -0.39 is 51.0 Å². The Balaban J connectivity index is 2.17. The number of rotatable bonds is 6. The first-order valence-corrected chi connectivity index (χ1v) is 13.1. The van der Waals surface area contributed by atoms with Crippen LogP contribution < -0.4 is 10.2 Å². The summed E-state index contributed by atoms with van der Waals surface area (Å²) in [4.78, 5) is 14.4. The number of nitrogens with zero attached hydrogens (tertiary/aromatic N) is 1. The number of alkyl halides is 7. The molecule has 1 aliphatic heterocycles. The van der Waals surface area contributed by atoms with E-state index >= 15 is 0 Å². The zero-order valence-corrected chi connectivity index (χ0v) is 21.4. The number of benzene rings is 2. The molecule has 2 aromatic carbocycles. The van der Waals surface area contributed by atoms with Crippen molar-refractivity contribution in [2.75, 3.05) is 16.9 Å². The molecule has 0 fully saturated rings. The average molecular weight is 575 g/mol. The predicted octanol–water partition coefficient (Wildman–Crippen LogP) is 6.01. The van der Waals surface area contributed by atoms with Gasteiger partial charge in [0.2, 0.25) is 0 Å². The second-order valence-corrected chi connectivity index (χ2v) is 12.1. The van der Waals surface area contributed by atoms with E-state index in [0.717, 1.165) is 24.1 Å². The van der Waals surface area contributed by atoms with Crippen LogP contribution in [-0.2, 0) is 15.5 Å². The van der Waals surface area contributed by atoms with Crippen LogP contribution in [0.5, 0.6) is 0 Å². The van der Waals surface area contributed by atoms with Crippen LogP contribution in [-0.4, -0.2) is 44.2 Å². The van der Waals surface area contributed by atoms with Crippen molar-refractivity contribution in [2.45, 2.75) is 50.5 Å². The summed E-state index contributed by atoms with van der Waals surface area (Å²) in [5, 5.41) is 3.13. The number of hydrogen-bond acceptors (Lipinski definition) is 4. The highest BCUT2D eigenvalue weighted by molar-refractivity contribution is 7.90. The maximum atomic E-state index is 14.6. The van der Waals surface area contributed by atoms with Crippen LogP contribution in [0.2, 0.25) is 5.02 Å². The lowest BCUT2D eigenvalue weighted by molar-refractivity contribution is -0.348. The lowest BCUT2D eigenvalue weighted by Crippen LogP contribution is -2.51. The summed E-state index contributed by atoms with van der Waals surface area (Å²) in [5.41, 5.74) is -8.55. The number of nitrogens with one attached hydrogen (secondary N) is 1. The second-order valence-electron chi connectivity index (χ2n) is 9.53. The van der Waals surface area contributed by atoms with Gasteiger partial charge in [-0.15, -0.1) is 0 Å². The molecule has 2 aromatic rings. The van der Waals surface area contributed by atoms with Crippen molar-refractivity contribution in [1.29, 1.82) is 0 Å². The predicted molar refractivity (Wildman–Crippen MR) is 124 cm³/mol. The van der Waals surface area contributed by atoms with Crippen LogP contribution in [0.3, 0.4) is 0 Å². The molecule has 0 saturated heterocycles.